The number of aryl methyl sites for hydroxylation is 1. The first-order valence-electron chi connectivity index (χ1n) is 8.28. The summed E-state index contributed by atoms with van der Waals surface area (Å²) < 4.78 is 6.28. The van der Waals surface area contributed by atoms with Crippen LogP contribution in [0.4, 0.5) is 0 Å². The highest BCUT2D eigenvalue weighted by atomic mass is 16.5. The second-order valence-corrected chi connectivity index (χ2v) is 6.70. The van der Waals surface area contributed by atoms with E-state index >= 15 is 0 Å². The maximum atomic E-state index is 12.3. The molecule has 2 aromatic rings. The molecule has 0 aliphatic carbocycles. The van der Waals surface area contributed by atoms with Gasteiger partial charge >= 0.3 is 5.97 Å². The highest BCUT2D eigenvalue weighted by molar-refractivity contribution is 5.77. The van der Waals surface area contributed by atoms with Crippen LogP contribution in [-0.2, 0) is 20.9 Å². The summed E-state index contributed by atoms with van der Waals surface area (Å²) in [4.78, 5) is 23.6. The van der Waals surface area contributed by atoms with Gasteiger partial charge in [-0.25, -0.2) is 0 Å². The molecule has 0 aliphatic rings. The minimum atomic E-state index is -0.490. The van der Waals surface area contributed by atoms with Gasteiger partial charge < -0.3 is 10.1 Å². The first kappa shape index (κ1) is 18.7. The van der Waals surface area contributed by atoms with Crippen molar-refractivity contribution >= 4 is 11.9 Å². The number of nitrogens with one attached hydrogen (secondary N) is 1. The molecule has 1 heterocycles. The van der Waals surface area contributed by atoms with E-state index in [1.807, 2.05) is 57.3 Å². The van der Waals surface area contributed by atoms with Gasteiger partial charge in [0.15, 0.2) is 0 Å². The van der Waals surface area contributed by atoms with Crippen molar-refractivity contribution in [1.29, 1.82) is 0 Å². The molecule has 0 spiro atoms. The van der Waals surface area contributed by atoms with Crippen LogP contribution in [0.2, 0.25) is 0 Å². The quantitative estimate of drug-likeness (QED) is 0.785. The first-order chi connectivity index (χ1) is 11.8. The summed E-state index contributed by atoms with van der Waals surface area (Å²) in [7, 11) is 1.36. The van der Waals surface area contributed by atoms with E-state index in [2.05, 4.69) is 15.2 Å². The fraction of sp³-hybridized carbons (Fsp3) is 0.421. The molecular formula is C19H25N3O3. The Morgan fingerprint density at radius 1 is 1.24 bits per heavy atom. The molecule has 1 aromatic heterocycles. The predicted octanol–water partition coefficient (Wildman–Crippen LogP) is 2.71. The number of benzene rings is 1. The topological polar surface area (TPSA) is 73.2 Å². The van der Waals surface area contributed by atoms with Crippen LogP contribution in [0.25, 0.3) is 11.1 Å². The summed E-state index contributed by atoms with van der Waals surface area (Å²) in [6.07, 6.45) is 2.66. The fourth-order valence-corrected chi connectivity index (χ4v) is 2.64. The molecule has 6 nitrogen and oxygen atoms in total. The number of rotatable bonds is 7. The van der Waals surface area contributed by atoms with Gasteiger partial charge in [0.05, 0.1) is 12.8 Å². The smallest absolute Gasteiger partial charge is 0.305 e. The molecule has 0 bridgehead atoms. The van der Waals surface area contributed by atoms with E-state index in [0.29, 0.717) is 6.42 Å². The van der Waals surface area contributed by atoms with Crippen LogP contribution in [0.15, 0.2) is 36.5 Å². The summed E-state index contributed by atoms with van der Waals surface area (Å²) in [6.45, 7) is 5.83. The molecule has 0 radical (unpaired) electrons. The number of hydrogen-bond donors (Lipinski definition) is 1. The summed E-state index contributed by atoms with van der Waals surface area (Å²) in [6, 6.07) is 9.95. The van der Waals surface area contributed by atoms with Crippen LogP contribution in [0.5, 0.6) is 0 Å². The van der Waals surface area contributed by atoms with E-state index in [1.54, 1.807) is 4.68 Å². The van der Waals surface area contributed by atoms with Gasteiger partial charge in [-0.3, -0.25) is 14.3 Å². The van der Waals surface area contributed by atoms with Crippen molar-refractivity contribution in [2.75, 3.05) is 7.11 Å². The highest BCUT2D eigenvalue weighted by Crippen LogP contribution is 2.22. The summed E-state index contributed by atoms with van der Waals surface area (Å²) >= 11 is 0. The molecule has 0 saturated heterocycles. The Balaban J connectivity index is 1.98. The molecule has 1 N–H and O–H groups in total. The van der Waals surface area contributed by atoms with E-state index in [-0.39, 0.29) is 24.8 Å². The molecule has 1 aromatic carbocycles. The lowest BCUT2D eigenvalue weighted by Crippen LogP contribution is -2.45. The van der Waals surface area contributed by atoms with Crippen molar-refractivity contribution in [2.24, 2.45) is 0 Å². The van der Waals surface area contributed by atoms with E-state index in [1.165, 1.54) is 7.11 Å². The number of methoxy groups -OCH3 is 1. The molecule has 0 unspecified atom stereocenters. The Kier molecular flexibility index (Phi) is 5.96. The molecule has 6 heteroatoms. The highest BCUT2D eigenvalue weighted by Gasteiger charge is 2.22. The van der Waals surface area contributed by atoms with E-state index in [4.69, 9.17) is 0 Å². The van der Waals surface area contributed by atoms with E-state index in [0.717, 1.165) is 16.8 Å². The maximum absolute atomic E-state index is 12.3. The van der Waals surface area contributed by atoms with Crippen molar-refractivity contribution in [1.82, 2.24) is 15.1 Å². The van der Waals surface area contributed by atoms with Crippen molar-refractivity contribution in [3.8, 4) is 11.1 Å². The monoisotopic (exact) mass is 343 g/mol. The number of amides is 1. The van der Waals surface area contributed by atoms with Gasteiger partial charge in [-0.1, -0.05) is 30.3 Å². The lowest BCUT2D eigenvalue weighted by Gasteiger charge is -2.25. The van der Waals surface area contributed by atoms with Crippen molar-refractivity contribution in [2.45, 2.75) is 45.7 Å². The zero-order valence-corrected chi connectivity index (χ0v) is 15.2. The minimum absolute atomic E-state index is 0.134. The average molecular weight is 343 g/mol. The largest absolute Gasteiger partial charge is 0.469 e. The Bertz CT molecular complexity index is 736. The Labute approximate surface area is 148 Å². The van der Waals surface area contributed by atoms with Crippen LogP contribution in [0.1, 0.15) is 32.4 Å². The van der Waals surface area contributed by atoms with Crippen molar-refractivity contribution in [3.63, 3.8) is 0 Å². The Morgan fingerprint density at radius 2 is 1.92 bits per heavy atom. The standard InChI is InChI=1S/C19H25N3O3/c1-14-16(15-8-6-5-7-9-15)12-22(21-14)13-17(23)20-19(2,3)11-10-18(24)25-4/h5-9,12H,10-11,13H2,1-4H3,(H,20,23). The number of nitrogens with zero attached hydrogens (tertiary/aromatic N) is 2. The van der Waals surface area contributed by atoms with Gasteiger partial charge in [-0.15, -0.1) is 0 Å². The minimum Gasteiger partial charge on any atom is -0.469 e. The molecule has 0 fully saturated rings. The third-order valence-electron chi connectivity index (χ3n) is 4.00. The fourth-order valence-electron chi connectivity index (χ4n) is 2.64. The zero-order chi connectivity index (χ0) is 18.4. The van der Waals surface area contributed by atoms with Crippen LogP contribution in [0, 0.1) is 6.92 Å². The average Bonchev–Trinajstić information content (AvgIpc) is 2.93. The normalized spacial score (nSPS) is 11.2. The van der Waals surface area contributed by atoms with Gasteiger partial charge in [-0.2, -0.15) is 5.10 Å². The van der Waals surface area contributed by atoms with Gasteiger partial charge in [0.2, 0.25) is 5.91 Å². The van der Waals surface area contributed by atoms with Crippen LogP contribution in [0.3, 0.4) is 0 Å². The Hall–Kier alpha value is -2.63. The lowest BCUT2D eigenvalue weighted by atomic mass is 9.98. The molecular weight excluding hydrogens is 318 g/mol. The molecule has 0 aliphatic heterocycles. The number of ether oxygens (including phenoxy) is 1. The number of aromatic nitrogens is 2. The number of carbonyl (C=O) groups excluding carboxylic acids is 2. The van der Waals surface area contributed by atoms with E-state index in [9.17, 15) is 9.59 Å². The second kappa shape index (κ2) is 7.96. The third-order valence-corrected chi connectivity index (χ3v) is 4.00. The van der Waals surface area contributed by atoms with Gasteiger partial charge in [0.1, 0.15) is 6.54 Å². The number of esters is 1. The maximum Gasteiger partial charge on any atom is 0.305 e. The molecule has 0 atom stereocenters. The SMILES string of the molecule is COC(=O)CCC(C)(C)NC(=O)Cn1cc(-c2ccccc2)c(C)n1. The summed E-state index contributed by atoms with van der Waals surface area (Å²) in [5.74, 6) is -0.422. The van der Waals surface area contributed by atoms with Crippen molar-refractivity contribution in [3.05, 3.63) is 42.2 Å². The molecule has 134 valence electrons. The summed E-state index contributed by atoms with van der Waals surface area (Å²) in [5, 5.41) is 7.37. The van der Waals surface area contributed by atoms with Gasteiger partial charge in [0.25, 0.3) is 0 Å². The van der Waals surface area contributed by atoms with Crippen LogP contribution >= 0.6 is 0 Å². The molecule has 2 rings (SSSR count). The van der Waals surface area contributed by atoms with Gasteiger partial charge in [0, 0.05) is 23.7 Å². The Morgan fingerprint density at radius 3 is 2.56 bits per heavy atom. The van der Waals surface area contributed by atoms with Crippen LogP contribution in [-0.4, -0.2) is 34.3 Å². The summed E-state index contributed by atoms with van der Waals surface area (Å²) in [5.41, 5.74) is 2.47. The predicted molar refractivity (Wildman–Crippen MR) is 95.9 cm³/mol. The molecule has 25 heavy (non-hydrogen) atoms. The number of hydrogen-bond acceptors (Lipinski definition) is 4. The van der Waals surface area contributed by atoms with E-state index < -0.39 is 5.54 Å². The number of carbonyl (C=O) groups is 2. The van der Waals surface area contributed by atoms with Gasteiger partial charge in [-0.05, 0) is 32.8 Å². The third kappa shape index (κ3) is 5.45. The second-order valence-electron chi connectivity index (χ2n) is 6.70. The van der Waals surface area contributed by atoms with Crippen LogP contribution < -0.4 is 5.32 Å². The lowest BCUT2D eigenvalue weighted by molar-refractivity contribution is -0.141. The molecule has 1 amide bonds. The van der Waals surface area contributed by atoms with Crippen molar-refractivity contribution < 1.29 is 14.3 Å². The first-order valence-corrected chi connectivity index (χ1v) is 8.28. The molecule has 0 saturated carbocycles. The zero-order valence-electron chi connectivity index (χ0n) is 15.2.